The molecule has 0 bridgehead atoms. The Morgan fingerprint density at radius 3 is 1.85 bits per heavy atom. The summed E-state index contributed by atoms with van der Waals surface area (Å²) in [5.74, 6) is 0.995. The van der Waals surface area contributed by atoms with Crippen molar-refractivity contribution in [1.29, 1.82) is 0 Å². The van der Waals surface area contributed by atoms with Gasteiger partial charge in [0.25, 0.3) is 0 Å². The van der Waals surface area contributed by atoms with E-state index in [1.807, 2.05) is 0 Å². The second-order valence-corrected chi connectivity index (χ2v) is 12.7. The summed E-state index contributed by atoms with van der Waals surface area (Å²) in [6.45, 7) is 4.53. The van der Waals surface area contributed by atoms with Gasteiger partial charge in [-0.25, -0.2) is 0 Å². The van der Waals surface area contributed by atoms with Gasteiger partial charge in [-0.2, -0.15) is 0 Å². The van der Waals surface area contributed by atoms with Crippen molar-refractivity contribution in [3.63, 3.8) is 0 Å². The summed E-state index contributed by atoms with van der Waals surface area (Å²) in [6.07, 6.45) is 2.36. The van der Waals surface area contributed by atoms with E-state index in [4.69, 9.17) is 17.0 Å². The number of hydrogen-bond acceptors (Lipinski definition) is 0. The van der Waals surface area contributed by atoms with Gasteiger partial charge in [-0.1, -0.05) is 84.9 Å². The van der Waals surface area contributed by atoms with E-state index in [9.17, 15) is 0 Å². The molecule has 164 valence electrons. The van der Waals surface area contributed by atoms with Crippen LogP contribution in [0.5, 0.6) is 0 Å². The molecular formula is C30H26Cl2Zr. The van der Waals surface area contributed by atoms with Gasteiger partial charge >= 0.3 is 37.9 Å². The number of benzene rings is 4. The molecule has 4 aromatic rings. The van der Waals surface area contributed by atoms with E-state index >= 15 is 0 Å². The Morgan fingerprint density at radius 1 is 0.576 bits per heavy atom. The molecule has 6 rings (SSSR count). The first-order chi connectivity index (χ1) is 16.2. The van der Waals surface area contributed by atoms with Crippen molar-refractivity contribution in [2.45, 2.75) is 38.5 Å². The van der Waals surface area contributed by atoms with Crippen LogP contribution in [-0.2, 0) is 20.8 Å². The maximum absolute atomic E-state index is 4.93. The third-order valence-electron chi connectivity index (χ3n) is 7.33. The second-order valence-electron chi connectivity index (χ2n) is 9.00. The van der Waals surface area contributed by atoms with Crippen LogP contribution in [0.3, 0.4) is 0 Å². The number of aryl methyl sites for hydroxylation is 2. The summed E-state index contributed by atoms with van der Waals surface area (Å²) in [5.41, 5.74) is 14.7. The van der Waals surface area contributed by atoms with Gasteiger partial charge in [-0.15, -0.1) is 0 Å². The van der Waals surface area contributed by atoms with Gasteiger partial charge in [0.1, 0.15) is 0 Å². The predicted octanol–water partition coefficient (Wildman–Crippen LogP) is 9.38. The summed E-state index contributed by atoms with van der Waals surface area (Å²) in [7, 11) is 9.87. The standard InChI is InChI=1S/C30H26.2ClH.Zr/c1-19-9-8-16-27-24(23-13-5-6-14-25(23)29(19)27)17-18-28-22-12-4-3-11-21(22)26-15-7-10-20(2)30(26)28;;;/h3-16,24,28H,17-18H2,1-2H3;2*1H;/q;;;+2/p-2. The SMILES string of the molecule is Cc1cccc2c1-c1ccccc1C2CCC1c2ccccc2-c2cccc(C)c21.[Cl][Zr][Cl]. The number of halogens is 2. The zero-order valence-corrected chi connectivity index (χ0v) is 22.9. The maximum atomic E-state index is 4.93. The Morgan fingerprint density at radius 2 is 1.09 bits per heavy atom. The van der Waals surface area contributed by atoms with Crippen molar-refractivity contribution in [2.24, 2.45) is 0 Å². The molecule has 2 atom stereocenters. The van der Waals surface area contributed by atoms with Gasteiger partial charge in [0, 0.05) is 11.8 Å². The predicted molar refractivity (Wildman–Crippen MR) is 138 cm³/mol. The Labute approximate surface area is 215 Å². The van der Waals surface area contributed by atoms with Crippen molar-refractivity contribution in [3.05, 3.63) is 118 Å². The van der Waals surface area contributed by atoms with E-state index in [-0.39, 0.29) is 0 Å². The minimum absolute atomic E-state index is 0.497. The Kier molecular flexibility index (Phi) is 6.94. The zero-order valence-electron chi connectivity index (χ0n) is 18.9. The Balaban J connectivity index is 0.000000724. The van der Waals surface area contributed by atoms with Crippen molar-refractivity contribution in [3.8, 4) is 22.3 Å². The summed E-state index contributed by atoms with van der Waals surface area (Å²) in [6, 6.07) is 31.7. The molecule has 0 saturated carbocycles. The van der Waals surface area contributed by atoms with Crippen LogP contribution < -0.4 is 0 Å². The van der Waals surface area contributed by atoms with E-state index in [1.54, 1.807) is 5.56 Å². The quantitative estimate of drug-likeness (QED) is 0.239. The van der Waals surface area contributed by atoms with Crippen LogP contribution in [0, 0.1) is 13.8 Å². The van der Waals surface area contributed by atoms with Crippen LogP contribution in [0.1, 0.15) is 58.1 Å². The molecule has 0 nitrogen and oxygen atoms in total. The van der Waals surface area contributed by atoms with Crippen LogP contribution in [-0.4, -0.2) is 0 Å². The molecule has 0 fully saturated rings. The van der Waals surface area contributed by atoms with Crippen LogP contribution >= 0.6 is 17.0 Å². The average molecular weight is 549 g/mol. The molecule has 3 heteroatoms. The summed E-state index contributed by atoms with van der Waals surface area (Å²) in [4.78, 5) is 0. The fraction of sp³-hybridized carbons (Fsp3) is 0.200. The molecule has 0 spiro atoms. The van der Waals surface area contributed by atoms with Crippen LogP contribution in [0.25, 0.3) is 22.3 Å². The van der Waals surface area contributed by atoms with Gasteiger partial charge < -0.3 is 0 Å². The van der Waals surface area contributed by atoms with E-state index in [0.29, 0.717) is 11.8 Å². The first kappa shape index (κ1) is 23.1. The molecule has 2 aliphatic rings. The first-order valence-electron chi connectivity index (χ1n) is 11.5. The molecule has 0 aromatic heterocycles. The zero-order chi connectivity index (χ0) is 22.9. The molecule has 4 aromatic carbocycles. The van der Waals surface area contributed by atoms with E-state index in [2.05, 4.69) is 98.8 Å². The first-order valence-corrected chi connectivity index (χ1v) is 17.8. The van der Waals surface area contributed by atoms with Crippen molar-refractivity contribution < 1.29 is 20.8 Å². The van der Waals surface area contributed by atoms with E-state index < -0.39 is 20.8 Å². The molecule has 0 heterocycles. The van der Waals surface area contributed by atoms with Crippen molar-refractivity contribution in [1.82, 2.24) is 0 Å². The minimum atomic E-state index is -0.826. The molecule has 0 N–H and O–H groups in total. The average Bonchev–Trinajstić information content (AvgIpc) is 3.33. The Hall–Kier alpha value is -1.66. The third-order valence-corrected chi connectivity index (χ3v) is 7.33. The van der Waals surface area contributed by atoms with Crippen LogP contribution in [0.15, 0.2) is 84.9 Å². The molecular weight excluding hydrogens is 522 g/mol. The van der Waals surface area contributed by atoms with E-state index in [1.165, 1.54) is 62.9 Å². The van der Waals surface area contributed by atoms with Crippen LogP contribution in [0.4, 0.5) is 0 Å². The van der Waals surface area contributed by atoms with E-state index in [0.717, 1.165) is 0 Å². The van der Waals surface area contributed by atoms with Gasteiger partial charge in [-0.3, -0.25) is 0 Å². The van der Waals surface area contributed by atoms with Gasteiger partial charge in [0.05, 0.1) is 0 Å². The molecule has 2 unspecified atom stereocenters. The molecule has 0 aliphatic heterocycles. The summed E-state index contributed by atoms with van der Waals surface area (Å²) in [5, 5.41) is 0. The molecule has 0 saturated heterocycles. The van der Waals surface area contributed by atoms with Crippen LogP contribution in [0.2, 0.25) is 0 Å². The molecule has 2 aliphatic carbocycles. The number of hydrogen-bond donors (Lipinski definition) is 0. The summed E-state index contributed by atoms with van der Waals surface area (Å²) < 4.78 is 0. The second kappa shape index (κ2) is 9.91. The molecule has 0 radical (unpaired) electrons. The normalized spacial score (nSPS) is 16.7. The molecule has 33 heavy (non-hydrogen) atoms. The summed E-state index contributed by atoms with van der Waals surface area (Å²) >= 11 is -0.826. The molecule has 0 amide bonds. The fourth-order valence-electron chi connectivity index (χ4n) is 6.07. The van der Waals surface area contributed by atoms with Crippen molar-refractivity contribution >= 4 is 17.0 Å². The third kappa shape index (κ3) is 4.07. The topological polar surface area (TPSA) is 0 Å². The number of fused-ring (bicyclic) bond motifs is 6. The monoisotopic (exact) mass is 546 g/mol. The Bertz CT molecular complexity index is 1310. The van der Waals surface area contributed by atoms with Gasteiger partial charge in [0.15, 0.2) is 0 Å². The van der Waals surface area contributed by atoms with Gasteiger partial charge in [-0.05, 0) is 82.3 Å². The van der Waals surface area contributed by atoms with Crippen molar-refractivity contribution in [2.75, 3.05) is 0 Å². The number of rotatable bonds is 3. The van der Waals surface area contributed by atoms with Gasteiger partial charge in [0.2, 0.25) is 0 Å². The fourth-order valence-corrected chi connectivity index (χ4v) is 6.07.